The number of nitrogens with zero attached hydrogens (tertiary/aromatic N) is 5. The molecule has 11 heteroatoms. The number of fused-ring (bicyclic) bond motifs is 1. The number of hydrogen-bond acceptors (Lipinski definition) is 8. The first kappa shape index (κ1) is 24.6. The molecule has 0 bridgehead atoms. The highest BCUT2D eigenvalue weighted by Crippen LogP contribution is 2.31. The number of ether oxygens (including phenoxy) is 1. The zero-order valence-electron chi connectivity index (χ0n) is 19.3. The van der Waals surface area contributed by atoms with E-state index in [1.165, 1.54) is 6.07 Å². The van der Waals surface area contributed by atoms with Crippen LogP contribution in [0.2, 0.25) is 5.15 Å². The number of nitriles is 1. The smallest absolute Gasteiger partial charge is 0.356 e. The van der Waals surface area contributed by atoms with E-state index in [0.29, 0.717) is 42.2 Å². The Bertz CT molecular complexity index is 1310. The number of aryl methyl sites for hydroxylation is 1. The predicted octanol–water partition coefficient (Wildman–Crippen LogP) is 4.29. The van der Waals surface area contributed by atoms with Gasteiger partial charge in [0.25, 0.3) is 0 Å². The maximum Gasteiger partial charge on any atom is 0.356 e. The monoisotopic (exact) mass is 498 g/mol. The van der Waals surface area contributed by atoms with Crippen molar-refractivity contribution < 1.29 is 19.0 Å². The number of aromatic nitrogens is 3. The summed E-state index contributed by atoms with van der Waals surface area (Å²) in [7, 11) is 0. The number of nitrogens with one attached hydrogen (secondary N) is 1. The molecular weight excluding hydrogens is 475 g/mol. The van der Waals surface area contributed by atoms with E-state index in [4.69, 9.17) is 21.3 Å². The van der Waals surface area contributed by atoms with Crippen LogP contribution in [0.1, 0.15) is 46.7 Å². The van der Waals surface area contributed by atoms with Crippen LogP contribution in [0.4, 0.5) is 15.9 Å². The molecule has 0 saturated carbocycles. The maximum absolute atomic E-state index is 12.9. The number of carboxylic acids is 1. The molecule has 3 aromatic rings. The second kappa shape index (κ2) is 10.4. The number of pyridine rings is 1. The Hall–Kier alpha value is -3.55. The molecular formula is C24H24ClFN6O3. The Labute approximate surface area is 206 Å². The van der Waals surface area contributed by atoms with E-state index in [1.807, 2.05) is 30.9 Å². The normalized spacial score (nSPS) is 16.7. The van der Waals surface area contributed by atoms with Gasteiger partial charge in [0.1, 0.15) is 11.2 Å². The van der Waals surface area contributed by atoms with E-state index in [1.54, 1.807) is 6.07 Å². The molecule has 2 atom stereocenters. The van der Waals surface area contributed by atoms with Crippen molar-refractivity contribution in [1.29, 1.82) is 5.26 Å². The summed E-state index contributed by atoms with van der Waals surface area (Å²) in [5.74, 6) is -0.781. The predicted molar refractivity (Wildman–Crippen MR) is 130 cm³/mol. The van der Waals surface area contributed by atoms with E-state index >= 15 is 0 Å². The molecule has 3 heterocycles. The summed E-state index contributed by atoms with van der Waals surface area (Å²) in [4.78, 5) is 26.9. The van der Waals surface area contributed by atoms with Crippen molar-refractivity contribution in [2.75, 3.05) is 36.6 Å². The van der Waals surface area contributed by atoms with Gasteiger partial charge in [0.2, 0.25) is 0 Å². The number of carbonyl (C=O) groups is 1. The van der Waals surface area contributed by atoms with Crippen molar-refractivity contribution in [2.45, 2.75) is 32.4 Å². The molecule has 182 valence electrons. The van der Waals surface area contributed by atoms with E-state index < -0.39 is 12.6 Å². The fourth-order valence-electron chi connectivity index (χ4n) is 4.18. The van der Waals surface area contributed by atoms with Crippen LogP contribution in [0.3, 0.4) is 0 Å². The van der Waals surface area contributed by atoms with Crippen molar-refractivity contribution in [3.05, 3.63) is 51.9 Å². The van der Waals surface area contributed by atoms with E-state index in [2.05, 4.69) is 21.4 Å². The minimum atomic E-state index is -1.20. The van der Waals surface area contributed by atoms with Gasteiger partial charge in [-0.2, -0.15) is 5.26 Å². The van der Waals surface area contributed by atoms with Gasteiger partial charge in [0.15, 0.2) is 17.2 Å². The average Bonchev–Trinajstić information content (AvgIpc) is 2.84. The largest absolute Gasteiger partial charge is 0.476 e. The van der Waals surface area contributed by atoms with Gasteiger partial charge in [-0.3, -0.25) is 4.39 Å². The molecule has 35 heavy (non-hydrogen) atoms. The molecule has 0 amide bonds. The van der Waals surface area contributed by atoms with E-state index in [0.717, 1.165) is 11.1 Å². The molecule has 9 nitrogen and oxygen atoms in total. The van der Waals surface area contributed by atoms with Gasteiger partial charge in [-0.15, -0.1) is 0 Å². The second-order valence-electron chi connectivity index (χ2n) is 8.35. The third-order valence-corrected chi connectivity index (χ3v) is 6.01. The number of aromatic carboxylic acids is 1. The van der Waals surface area contributed by atoms with Crippen molar-refractivity contribution >= 4 is 40.1 Å². The first-order chi connectivity index (χ1) is 16.8. The highest BCUT2D eigenvalue weighted by Gasteiger charge is 2.26. The maximum atomic E-state index is 12.9. The average molecular weight is 499 g/mol. The Morgan fingerprint density at radius 3 is 2.91 bits per heavy atom. The number of anilines is 2. The van der Waals surface area contributed by atoms with E-state index in [9.17, 15) is 19.6 Å². The molecule has 1 aromatic carbocycles. The van der Waals surface area contributed by atoms with Crippen LogP contribution in [0.5, 0.6) is 0 Å². The van der Waals surface area contributed by atoms with Gasteiger partial charge >= 0.3 is 5.97 Å². The van der Waals surface area contributed by atoms with Crippen LogP contribution in [0.25, 0.3) is 11.0 Å². The van der Waals surface area contributed by atoms with E-state index in [-0.39, 0.29) is 35.1 Å². The van der Waals surface area contributed by atoms with Crippen LogP contribution in [0, 0.1) is 18.3 Å². The molecule has 1 aliphatic rings. The minimum Gasteiger partial charge on any atom is -0.476 e. The summed E-state index contributed by atoms with van der Waals surface area (Å²) in [6, 6.07) is 8.63. The van der Waals surface area contributed by atoms with Crippen molar-refractivity contribution in [3.63, 3.8) is 0 Å². The van der Waals surface area contributed by atoms with Gasteiger partial charge in [-0.25, -0.2) is 19.7 Å². The van der Waals surface area contributed by atoms with Crippen molar-refractivity contribution in [3.8, 4) is 6.07 Å². The number of halogens is 2. The summed E-state index contributed by atoms with van der Waals surface area (Å²) in [5, 5.41) is 22.6. The van der Waals surface area contributed by atoms with Crippen LogP contribution in [0.15, 0.2) is 24.3 Å². The molecule has 1 aliphatic heterocycles. The van der Waals surface area contributed by atoms with Gasteiger partial charge in [0, 0.05) is 25.1 Å². The molecule has 0 aliphatic carbocycles. The van der Waals surface area contributed by atoms with Crippen molar-refractivity contribution in [2.24, 2.45) is 0 Å². The third-order valence-electron chi connectivity index (χ3n) is 5.80. The van der Waals surface area contributed by atoms with Gasteiger partial charge in [-0.1, -0.05) is 17.7 Å². The lowest BCUT2D eigenvalue weighted by Gasteiger charge is -2.33. The molecule has 2 N–H and O–H groups in total. The highest BCUT2D eigenvalue weighted by molar-refractivity contribution is 6.29. The Morgan fingerprint density at radius 2 is 2.20 bits per heavy atom. The zero-order valence-corrected chi connectivity index (χ0v) is 20.0. The number of carboxylic acid groups (broad SMARTS) is 1. The number of hydrogen-bond donors (Lipinski definition) is 2. The number of morpholine rings is 1. The summed E-state index contributed by atoms with van der Waals surface area (Å²) >= 11 is 5.88. The minimum absolute atomic E-state index is 0.0812. The Balaban J connectivity index is 1.76. The van der Waals surface area contributed by atoms with Gasteiger partial charge < -0.3 is 20.1 Å². The van der Waals surface area contributed by atoms with Gasteiger partial charge in [0.05, 0.1) is 42.1 Å². The lowest BCUT2D eigenvalue weighted by Crippen LogP contribution is -2.43. The summed E-state index contributed by atoms with van der Waals surface area (Å²) in [6.45, 7) is 4.61. The van der Waals surface area contributed by atoms with Crippen LogP contribution in [-0.4, -0.2) is 58.5 Å². The third kappa shape index (κ3) is 5.26. The first-order valence-electron chi connectivity index (χ1n) is 11.1. The summed E-state index contributed by atoms with van der Waals surface area (Å²) in [5.41, 5.74) is 3.13. The second-order valence-corrected chi connectivity index (χ2v) is 8.73. The lowest BCUT2D eigenvalue weighted by molar-refractivity contribution is 0.0310. The number of rotatable bonds is 7. The Kier molecular flexibility index (Phi) is 7.28. The van der Waals surface area contributed by atoms with Crippen LogP contribution < -0.4 is 10.2 Å². The molecule has 4 rings (SSSR count). The summed E-state index contributed by atoms with van der Waals surface area (Å²) in [6.07, 6.45) is -0.0195. The highest BCUT2D eigenvalue weighted by atomic mass is 35.5. The SMILES string of the molecule is Cc1cc([C@@H](C)Nc2ccc(Cl)nc2C(=O)O)c2nc(N3CCOC(CCF)C3)c(C#N)nc2c1. The Morgan fingerprint density at radius 1 is 1.40 bits per heavy atom. The molecule has 2 aromatic heterocycles. The van der Waals surface area contributed by atoms with Crippen LogP contribution >= 0.6 is 11.6 Å². The fourth-order valence-corrected chi connectivity index (χ4v) is 4.33. The molecule has 1 fully saturated rings. The standard InChI is InChI=1S/C24H24ClFN6O3/c1-13-9-16(14(2)28-17-3-4-20(25)30-22(17)24(33)34)21-18(10-13)29-19(11-27)23(31-21)32-7-8-35-15(12-32)5-6-26/h3-4,9-10,14-15,28H,5-8,12H2,1-2H3,(H,33,34)/t14-,15?/m1/s1. The lowest BCUT2D eigenvalue weighted by atomic mass is 10.0. The quantitative estimate of drug-likeness (QED) is 0.459. The first-order valence-corrected chi connectivity index (χ1v) is 11.5. The zero-order chi connectivity index (χ0) is 25.1. The van der Waals surface area contributed by atoms with Gasteiger partial charge in [-0.05, 0) is 37.6 Å². The van der Waals surface area contributed by atoms with Crippen LogP contribution in [-0.2, 0) is 4.74 Å². The number of alkyl halides is 1. The molecule has 1 unspecified atom stereocenters. The fraction of sp³-hybridized carbons (Fsp3) is 0.375. The molecule has 0 spiro atoms. The van der Waals surface area contributed by atoms with Crippen molar-refractivity contribution in [1.82, 2.24) is 15.0 Å². The molecule has 1 saturated heterocycles. The number of benzene rings is 1. The topological polar surface area (TPSA) is 124 Å². The molecule has 0 radical (unpaired) electrons. The summed E-state index contributed by atoms with van der Waals surface area (Å²) < 4.78 is 18.5.